The highest BCUT2D eigenvalue weighted by Gasteiger charge is 2.00. The lowest BCUT2D eigenvalue weighted by molar-refractivity contribution is 0.679. The molecule has 0 aliphatic heterocycles. The lowest BCUT2D eigenvalue weighted by Crippen LogP contribution is -1.94. The maximum Gasteiger partial charge on any atom is 0.0696 e. The molecule has 0 aliphatic rings. The molecule has 0 saturated carbocycles. The molecule has 3 heteroatoms. The van der Waals surface area contributed by atoms with E-state index < -0.39 is 9.73 Å². The van der Waals surface area contributed by atoms with Gasteiger partial charge in [0, 0.05) is 11.2 Å². The van der Waals surface area contributed by atoms with Crippen molar-refractivity contribution in [2.45, 2.75) is 11.8 Å². The van der Waals surface area contributed by atoms with Crippen LogP contribution in [0.3, 0.4) is 0 Å². The number of hydrogen-bond donors (Lipinski definition) is 1. The zero-order chi connectivity index (χ0) is 8.48. The average Bonchev–Trinajstić information content (AvgIpc) is 1.86. The van der Waals surface area contributed by atoms with Crippen LogP contribution in [0.2, 0.25) is 0 Å². The third kappa shape index (κ3) is 2.05. The Morgan fingerprint density at radius 3 is 2.45 bits per heavy atom. The van der Waals surface area contributed by atoms with Gasteiger partial charge in [-0.2, -0.15) is 0 Å². The van der Waals surface area contributed by atoms with Crippen LogP contribution in [-0.4, -0.2) is 10.5 Å². The van der Waals surface area contributed by atoms with Crippen molar-refractivity contribution < 1.29 is 4.21 Å². The molecule has 1 aromatic rings. The Bertz CT molecular complexity index is 354. The van der Waals surface area contributed by atoms with Gasteiger partial charge in [0.05, 0.1) is 9.73 Å². The van der Waals surface area contributed by atoms with Crippen molar-refractivity contribution in [2.75, 3.05) is 6.26 Å². The first-order valence-corrected chi connectivity index (χ1v) is 5.27. The zero-order valence-corrected chi connectivity index (χ0v) is 7.44. The molecule has 0 aliphatic carbocycles. The maximum atomic E-state index is 11.2. The number of rotatable bonds is 1. The largest absolute Gasteiger partial charge is 0.249 e. The fourth-order valence-electron chi connectivity index (χ4n) is 0.858. The average molecular weight is 169 g/mol. The molecule has 60 valence electrons. The van der Waals surface area contributed by atoms with Crippen molar-refractivity contribution in [2.24, 2.45) is 0 Å². The molecular weight excluding hydrogens is 158 g/mol. The quantitative estimate of drug-likeness (QED) is 0.686. The summed E-state index contributed by atoms with van der Waals surface area (Å²) in [5.41, 5.74) is 1.05. The fourth-order valence-corrected chi connectivity index (χ4v) is 1.61. The molecule has 0 amide bonds. The van der Waals surface area contributed by atoms with E-state index in [1.165, 1.54) is 6.26 Å². The van der Waals surface area contributed by atoms with Gasteiger partial charge in [0.15, 0.2) is 0 Å². The van der Waals surface area contributed by atoms with Gasteiger partial charge in [-0.05, 0) is 24.6 Å². The Labute approximate surface area is 67.2 Å². The molecule has 0 unspecified atom stereocenters. The molecule has 11 heavy (non-hydrogen) atoms. The molecule has 1 atom stereocenters. The lowest BCUT2D eigenvalue weighted by Gasteiger charge is -2.00. The predicted octanol–water partition coefficient (Wildman–Crippen LogP) is 2.03. The van der Waals surface area contributed by atoms with E-state index in [1.54, 1.807) is 12.1 Å². The fraction of sp³-hybridized carbons (Fsp3) is 0.250. The van der Waals surface area contributed by atoms with Crippen molar-refractivity contribution in [1.29, 1.82) is 4.78 Å². The van der Waals surface area contributed by atoms with Crippen LogP contribution < -0.4 is 0 Å². The van der Waals surface area contributed by atoms with Gasteiger partial charge in [-0.3, -0.25) is 0 Å². The molecule has 0 aromatic heterocycles. The van der Waals surface area contributed by atoms with E-state index in [4.69, 9.17) is 4.78 Å². The summed E-state index contributed by atoms with van der Waals surface area (Å²) in [5, 5.41) is 0. The standard InChI is InChI=1S/C8H11NOS/c1-7-4-3-5-8(6-7)11(2,9)10/h3-6,9H,1-2H3/t11-/m1/s1. The Kier molecular flexibility index (Phi) is 2.00. The van der Waals surface area contributed by atoms with Crippen LogP contribution in [0.15, 0.2) is 29.2 Å². The zero-order valence-electron chi connectivity index (χ0n) is 6.63. The minimum absolute atomic E-state index is 0.609. The molecule has 1 aromatic carbocycles. The second-order valence-corrected chi connectivity index (χ2v) is 4.82. The molecule has 0 bridgehead atoms. The summed E-state index contributed by atoms with van der Waals surface area (Å²) >= 11 is 0. The number of aryl methyl sites for hydroxylation is 1. The van der Waals surface area contributed by atoms with Gasteiger partial charge in [0.1, 0.15) is 0 Å². The minimum Gasteiger partial charge on any atom is -0.249 e. The van der Waals surface area contributed by atoms with Crippen molar-refractivity contribution in [3.8, 4) is 0 Å². The van der Waals surface area contributed by atoms with Crippen LogP contribution in [0.4, 0.5) is 0 Å². The van der Waals surface area contributed by atoms with E-state index in [2.05, 4.69) is 0 Å². The molecule has 0 heterocycles. The SMILES string of the molecule is Cc1cccc([S@](C)(=N)=O)c1. The van der Waals surface area contributed by atoms with E-state index in [9.17, 15) is 4.21 Å². The first-order valence-electron chi connectivity index (χ1n) is 3.30. The van der Waals surface area contributed by atoms with E-state index in [-0.39, 0.29) is 0 Å². The molecule has 1 rings (SSSR count). The van der Waals surface area contributed by atoms with Crippen LogP contribution in [0.1, 0.15) is 5.56 Å². The number of benzene rings is 1. The normalized spacial score (nSPS) is 15.8. The summed E-state index contributed by atoms with van der Waals surface area (Å²) in [6.07, 6.45) is 1.43. The maximum absolute atomic E-state index is 11.2. The lowest BCUT2D eigenvalue weighted by atomic mass is 10.2. The molecule has 0 spiro atoms. The van der Waals surface area contributed by atoms with E-state index >= 15 is 0 Å². The van der Waals surface area contributed by atoms with Crippen LogP contribution in [0.25, 0.3) is 0 Å². The first kappa shape index (κ1) is 8.27. The van der Waals surface area contributed by atoms with Gasteiger partial charge in [0.2, 0.25) is 0 Å². The summed E-state index contributed by atoms with van der Waals surface area (Å²) in [7, 11) is -2.53. The van der Waals surface area contributed by atoms with E-state index in [0.717, 1.165) is 5.56 Å². The summed E-state index contributed by atoms with van der Waals surface area (Å²) in [6, 6.07) is 7.26. The van der Waals surface area contributed by atoms with Crippen molar-refractivity contribution >= 4 is 9.73 Å². The van der Waals surface area contributed by atoms with Gasteiger partial charge >= 0.3 is 0 Å². The summed E-state index contributed by atoms with van der Waals surface area (Å²) in [6.45, 7) is 1.93. The molecule has 0 saturated heterocycles. The summed E-state index contributed by atoms with van der Waals surface area (Å²) in [5.74, 6) is 0. The van der Waals surface area contributed by atoms with Gasteiger partial charge in [-0.15, -0.1) is 0 Å². The minimum atomic E-state index is -2.53. The van der Waals surface area contributed by atoms with Crippen LogP contribution in [0.5, 0.6) is 0 Å². The summed E-state index contributed by atoms with van der Waals surface area (Å²) < 4.78 is 18.5. The molecule has 0 fully saturated rings. The van der Waals surface area contributed by atoms with Crippen molar-refractivity contribution in [3.05, 3.63) is 29.8 Å². The van der Waals surface area contributed by atoms with Crippen LogP contribution in [0, 0.1) is 11.7 Å². The topological polar surface area (TPSA) is 40.9 Å². The number of hydrogen-bond acceptors (Lipinski definition) is 2. The highest BCUT2D eigenvalue weighted by atomic mass is 32.2. The molecule has 1 N–H and O–H groups in total. The second kappa shape index (κ2) is 2.66. The highest BCUT2D eigenvalue weighted by molar-refractivity contribution is 7.91. The Morgan fingerprint density at radius 2 is 2.09 bits per heavy atom. The third-order valence-electron chi connectivity index (χ3n) is 1.44. The first-order chi connectivity index (χ1) is 5.00. The van der Waals surface area contributed by atoms with Crippen molar-refractivity contribution in [3.63, 3.8) is 0 Å². The van der Waals surface area contributed by atoms with E-state index in [0.29, 0.717) is 4.90 Å². The number of nitrogens with one attached hydrogen (secondary N) is 1. The van der Waals surface area contributed by atoms with Crippen molar-refractivity contribution in [1.82, 2.24) is 0 Å². The Morgan fingerprint density at radius 1 is 1.45 bits per heavy atom. The molecular formula is C8H11NOS. The smallest absolute Gasteiger partial charge is 0.0696 e. The van der Waals surface area contributed by atoms with Gasteiger partial charge < -0.3 is 0 Å². The predicted molar refractivity (Wildman–Crippen MR) is 46.2 cm³/mol. The van der Waals surface area contributed by atoms with Crippen LogP contribution >= 0.6 is 0 Å². The summed E-state index contributed by atoms with van der Waals surface area (Å²) in [4.78, 5) is 0.609. The molecule has 0 radical (unpaired) electrons. The van der Waals surface area contributed by atoms with Gasteiger partial charge in [0.25, 0.3) is 0 Å². The van der Waals surface area contributed by atoms with E-state index in [1.807, 2.05) is 19.1 Å². The van der Waals surface area contributed by atoms with Gasteiger partial charge in [-0.1, -0.05) is 12.1 Å². The second-order valence-electron chi connectivity index (χ2n) is 2.66. The highest BCUT2D eigenvalue weighted by Crippen LogP contribution is 2.10. The third-order valence-corrected chi connectivity index (χ3v) is 2.59. The van der Waals surface area contributed by atoms with Crippen LogP contribution in [-0.2, 0) is 9.73 Å². The Hall–Kier alpha value is -0.830. The molecule has 2 nitrogen and oxygen atoms in total. The van der Waals surface area contributed by atoms with Gasteiger partial charge in [-0.25, -0.2) is 8.99 Å². The monoisotopic (exact) mass is 169 g/mol. The Balaban J connectivity index is 3.28.